The molecule has 0 aliphatic carbocycles. The predicted octanol–water partition coefficient (Wildman–Crippen LogP) is 4.10. The van der Waals surface area contributed by atoms with Crippen molar-refractivity contribution in [3.63, 3.8) is 0 Å². The number of alkyl halides is 3. The van der Waals surface area contributed by atoms with Crippen molar-refractivity contribution in [1.82, 2.24) is 0 Å². The molecule has 0 spiro atoms. The van der Waals surface area contributed by atoms with Gasteiger partial charge in [-0.3, -0.25) is 0 Å². The lowest BCUT2D eigenvalue weighted by Gasteiger charge is -2.23. The lowest BCUT2D eigenvalue weighted by Crippen LogP contribution is -2.15. The van der Waals surface area contributed by atoms with Crippen LogP contribution in [0.25, 0.3) is 0 Å². The molecular weight excluding hydrogens is 229 g/mol. The first-order valence-corrected chi connectivity index (χ1v) is 5.40. The van der Waals surface area contributed by atoms with Gasteiger partial charge in [0.15, 0.2) is 0 Å². The quantitative estimate of drug-likeness (QED) is 0.790. The van der Waals surface area contributed by atoms with Gasteiger partial charge in [-0.1, -0.05) is 32.9 Å². The first-order chi connectivity index (χ1) is 7.50. The summed E-state index contributed by atoms with van der Waals surface area (Å²) in [4.78, 5) is 0. The zero-order valence-corrected chi connectivity index (χ0v) is 10.4. The maximum absolute atomic E-state index is 12.3. The van der Waals surface area contributed by atoms with Crippen LogP contribution in [0.15, 0.2) is 12.1 Å². The maximum Gasteiger partial charge on any atom is 0.393 e. The van der Waals surface area contributed by atoms with Crippen molar-refractivity contribution in [2.24, 2.45) is 0 Å². The second-order valence-electron chi connectivity index (χ2n) is 5.35. The first-order valence-electron chi connectivity index (χ1n) is 5.40. The van der Waals surface area contributed by atoms with Gasteiger partial charge in [0.1, 0.15) is 5.75 Å². The van der Waals surface area contributed by atoms with Gasteiger partial charge in [0.05, 0.1) is 6.42 Å². The Kier molecular flexibility index (Phi) is 3.46. The molecule has 0 heterocycles. The van der Waals surface area contributed by atoms with Crippen molar-refractivity contribution in [2.75, 3.05) is 0 Å². The summed E-state index contributed by atoms with van der Waals surface area (Å²) >= 11 is 0. The average molecular weight is 246 g/mol. The second kappa shape index (κ2) is 4.24. The van der Waals surface area contributed by atoms with Crippen LogP contribution in [0.2, 0.25) is 0 Å². The van der Waals surface area contributed by atoms with Gasteiger partial charge in [-0.15, -0.1) is 0 Å². The number of aryl methyl sites for hydroxylation is 1. The molecule has 1 rings (SSSR count). The summed E-state index contributed by atoms with van der Waals surface area (Å²) in [5.41, 5.74) is 0.849. The molecule has 0 fully saturated rings. The zero-order chi connectivity index (χ0) is 13.4. The van der Waals surface area contributed by atoms with Crippen LogP contribution in [-0.2, 0) is 11.8 Å². The average Bonchev–Trinajstić information content (AvgIpc) is 2.06. The minimum atomic E-state index is -4.22. The highest BCUT2D eigenvalue weighted by atomic mass is 19.4. The summed E-state index contributed by atoms with van der Waals surface area (Å²) in [6.45, 7) is 7.20. The molecule has 0 unspecified atom stereocenters. The van der Waals surface area contributed by atoms with Gasteiger partial charge in [-0.25, -0.2) is 0 Å². The van der Waals surface area contributed by atoms with E-state index in [2.05, 4.69) is 0 Å². The molecule has 96 valence electrons. The summed E-state index contributed by atoms with van der Waals surface area (Å²) in [5, 5.41) is 9.87. The Bertz CT molecular complexity index is 414. The summed E-state index contributed by atoms with van der Waals surface area (Å²) in [5.74, 6) is 0.0865. The molecule has 4 heteroatoms. The van der Waals surface area contributed by atoms with Crippen LogP contribution < -0.4 is 0 Å². The fraction of sp³-hybridized carbons (Fsp3) is 0.538. The van der Waals surface area contributed by atoms with Crippen LogP contribution in [0.3, 0.4) is 0 Å². The number of phenolic OH excluding ortho intramolecular Hbond substituents is 1. The van der Waals surface area contributed by atoms with E-state index in [1.807, 2.05) is 20.8 Å². The summed E-state index contributed by atoms with van der Waals surface area (Å²) in [6.07, 6.45) is -5.18. The first kappa shape index (κ1) is 13.9. The molecule has 0 aliphatic heterocycles. The Morgan fingerprint density at radius 2 is 1.65 bits per heavy atom. The van der Waals surface area contributed by atoms with E-state index in [1.165, 1.54) is 12.1 Å². The van der Waals surface area contributed by atoms with Crippen molar-refractivity contribution >= 4 is 0 Å². The van der Waals surface area contributed by atoms with Gasteiger partial charge in [-0.2, -0.15) is 13.2 Å². The number of aromatic hydroxyl groups is 1. The van der Waals surface area contributed by atoms with Crippen molar-refractivity contribution in [3.8, 4) is 5.75 Å². The van der Waals surface area contributed by atoms with E-state index in [0.29, 0.717) is 11.1 Å². The third-order valence-electron chi connectivity index (χ3n) is 2.57. The third kappa shape index (κ3) is 3.65. The molecule has 0 aromatic heterocycles. The number of hydrogen-bond acceptors (Lipinski definition) is 1. The molecule has 0 atom stereocenters. The number of hydrogen-bond donors (Lipinski definition) is 1. The fourth-order valence-electron chi connectivity index (χ4n) is 1.76. The van der Waals surface area contributed by atoms with Gasteiger partial charge in [0.2, 0.25) is 0 Å². The van der Waals surface area contributed by atoms with Crippen molar-refractivity contribution in [2.45, 2.75) is 45.7 Å². The molecule has 0 bridgehead atoms. The molecule has 1 aromatic rings. The minimum Gasteiger partial charge on any atom is -0.507 e. The third-order valence-corrected chi connectivity index (χ3v) is 2.57. The van der Waals surface area contributed by atoms with Crippen LogP contribution in [-0.4, -0.2) is 11.3 Å². The molecule has 0 saturated heterocycles. The Morgan fingerprint density at radius 3 is 2.06 bits per heavy atom. The van der Waals surface area contributed by atoms with Gasteiger partial charge in [0, 0.05) is 0 Å². The number of rotatable bonds is 1. The molecule has 0 amide bonds. The van der Waals surface area contributed by atoms with Gasteiger partial charge >= 0.3 is 6.18 Å². The number of halogens is 3. The fourth-order valence-corrected chi connectivity index (χ4v) is 1.76. The summed E-state index contributed by atoms with van der Waals surface area (Å²) < 4.78 is 37.0. The Labute approximate surface area is 99.3 Å². The molecule has 0 saturated carbocycles. The van der Waals surface area contributed by atoms with E-state index in [1.54, 1.807) is 6.92 Å². The topological polar surface area (TPSA) is 20.2 Å². The largest absolute Gasteiger partial charge is 0.507 e. The highest BCUT2D eigenvalue weighted by Crippen LogP contribution is 2.35. The highest BCUT2D eigenvalue weighted by molar-refractivity contribution is 5.46. The standard InChI is InChI=1S/C13H17F3O/c1-8-5-9(7-13(14,15)16)6-10(11(8)17)12(2,3)4/h5-6,17H,7H2,1-4H3. The van der Waals surface area contributed by atoms with E-state index >= 15 is 0 Å². The van der Waals surface area contributed by atoms with E-state index in [9.17, 15) is 18.3 Å². The lowest BCUT2D eigenvalue weighted by atomic mass is 9.84. The SMILES string of the molecule is Cc1cc(CC(F)(F)F)cc(C(C)(C)C)c1O. The summed E-state index contributed by atoms with van der Waals surface area (Å²) in [7, 11) is 0. The van der Waals surface area contributed by atoms with E-state index in [4.69, 9.17) is 0 Å². The molecule has 17 heavy (non-hydrogen) atoms. The highest BCUT2D eigenvalue weighted by Gasteiger charge is 2.29. The Morgan fingerprint density at radius 1 is 1.12 bits per heavy atom. The summed E-state index contributed by atoms with van der Waals surface area (Å²) in [6, 6.07) is 2.83. The normalized spacial score (nSPS) is 12.9. The molecule has 1 N–H and O–H groups in total. The van der Waals surface area contributed by atoms with Crippen molar-refractivity contribution in [3.05, 3.63) is 28.8 Å². The van der Waals surface area contributed by atoms with E-state index in [0.717, 1.165) is 0 Å². The van der Waals surface area contributed by atoms with Crippen LogP contribution in [0.1, 0.15) is 37.5 Å². The monoisotopic (exact) mass is 246 g/mol. The smallest absolute Gasteiger partial charge is 0.393 e. The molecule has 0 radical (unpaired) electrons. The molecule has 1 nitrogen and oxygen atoms in total. The predicted molar refractivity (Wildman–Crippen MR) is 61.3 cm³/mol. The van der Waals surface area contributed by atoms with Gasteiger partial charge in [0.25, 0.3) is 0 Å². The minimum absolute atomic E-state index is 0.0865. The lowest BCUT2D eigenvalue weighted by molar-refractivity contribution is -0.127. The van der Waals surface area contributed by atoms with E-state index < -0.39 is 12.6 Å². The van der Waals surface area contributed by atoms with Crippen LogP contribution >= 0.6 is 0 Å². The maximum atomic E-state index is 12.3. The second-order valence-corrected chi connectivity index (χ2v) is 5.35. The van der Waals surface area contributed by atoms with Crippen molar-refractivity contribution < 1.29 is 18.3 Å². The van der Waals surface area contributed by atoms with E-state index in [-0.39, 0.29) is 16.7 Å². The van der Waals surface area contributed by atoms with Crippen LogP contribution in [0, 0.1) is 6.92 Å². The van der Waals surface area contributed by atoms with Gasteiger partial charge < -0.3 is 5.11 Å². The Hall–Kier alpha value is -1.19. The number of benzene rings is 1. The molecule has 0 aliphatic rings. The van der Waals surface area contributed by atoms with Crippen LogP contribution in [0.4, 0.5) is 13.2 Å². The van der Waals surface area contributed by atoms with Gasteiger partial charge in [-0.05, 0) is 29.0 Å². The zero-order valence-electron chi connectivity index (χ0n) is 10.4. The molecular formula is C13H17F3O. The van der Waals surface area contributed by atoms with Crippen LogP contribution in [0.5, 0.6) is 5.75 Å². The number of phenols is 1. The molecule has 1 aromatic carbocycles. The van der Waals surface area contributed by atoms with Crippen molar-refractivity contribution in [1.29, 1.82) is 0 Å². The Balaban J connectivity index is 3.25.